The second-order valence-electron chi connectivity index (χ2n) is 3.40. The molecule has 0 heterocycles. The molecule has 0 aromatic heterocycles. The third-order valence-corrected chi connectivity index (χ3v) is 3.18. The molecule has 0 atom stereocenters. The van der Waals surface area contributed by atoms with Gasteiger partial charge in [0.25, 0.3) is 0 Å². The molecule has 0 aliphatic heterocycles. The zero-order chi connectivity index (χ0) is 10.6. The van der Waals surface area contributed by atoms with E-state index in [1.165, 1.54) is 10.5 Å². The molecule has 0 bridgehead atoms. The third-order valence-electron chi connectivity index (χ3n) is 2.00. The van der Waals surface area contributed by atoms with Crippen molar-refractivity contribution in [3.05, 3.63) is 29.8 Å². The van der Waals surface area contributed by atoms with Crippen molar-refractivity contribution in [2.24, 2.45) is 0 Å². The van der Waals surface area contributed by atoms with Crippen LogP contribution in [-0.4, -0.2) is 30.6 Å². The molecule has 1 rings (SSSR count). The molecule has 14 heavy (non-hydrogen) atoms. The summed E-state index contributed by atoms with van der Waals surface area (Å²) >= 11 is 1.72. The van der Waals surface area contributed by atoms with Crippen molar-refractivity contribution >= 4 is 17.6 Å². The highest BCUT2D eigenvalue weighted by molar-refractivity contribution is 8.00. The van der Waals surface area contributed by atoms with Gasteiger partial charge in [0.05, 0.1) is 5.75 Å². The van der Waals surface area contributed by atoms with Gasteiger partial charge in [0.2, 0.25) is 0 Å². The lowest BCUT2D eigenvalue weighted by molar-refractivity contribution is 0.615. The monoisotopic (exact) mass is 208 g/mol. The molecule has 3 heteroatoms. The smallest absolute Gasteiger partial charge is 0.106 e. The number of hydrogen-bond donors (Lipinski definition) is 1. The van der Waals surface area contributed by atoms with Crippen molar-refractivity contribution in [3.63, 3.8) is 0 Å². The molecule has 0 radical (unpaired) electrons. The lowest BCUT2D eigenvalue weighted by Crippen LogP contribution is -2.22. The van der Waals surface area contributed by atoms with Crippen LogP contribution in [0.5, 0.6) is 0 Å². The van der Waals surface area contributed by atoms with Gasteiger partial charge in [-0.1, -0.05) is 18.2 Å². The molecule has 0 unspecified atom stereocenters. The number of thioether (sulfide) groups is 1. The van der Waals surface area contributed by atoms with Crippen LogP contribution in [-0.2, 0) is 0 Å². The summed E-state index contributed by atoms with van der Waals surface area (Å²) in [5.74, 6) is 1.39. The van der Waals surface area contributed by atoms with Gasteiger partial charge in [0, 0.05) is 19.0 Å². The quantitative estimate of drug-likeness (QED) is 0.469. The van der Waals surface area contributed by atoms with Gasteiger partial charge in [0.1, 0.15) is 5.84 Å². The minimum atomic E-state index is 0.651. The lowest BCUT2D eigenvalue weighted by Gasteiger charge is -2.13. The molecule has 0 aliphatic rings. The van der Waals surface area contributed by atoms with Crippen molar-refractivity contribution in [2.75, 3.05) is 19.8 Å². The maximum Gasteiger partial charge on any atom is 0.106 e. The van der Waals surface area contributed by atoms with Crippen LogP contribution in [0.1, 0.15) is 5.56 Å². The van der Waals surface area contributed by atoms with Crippen molar-refractivity contribution in [2.45, 2.75) is 11.8 Å². The number of rotatable bonds is 3. The first kappa shape index (κ1) is 11.1. The molecular formula is C11H16N2S. The molecule has 2 nitrogen and oxygen atoms in total. The number of nitrogens with one attached hydrogen (secondary N) is 1. The average Bonchev–Trinajstić information content (AvgIpc) is 2.16. The van der Waals surface area contributed by atoms with Crippen molar-refractivity contribution in [1.82, 2.24) is 4.90 Å². The van der Waals surface area contributed by atoms with Crippen LogP contribution in [0.4, 0.5) is 0 Å². The minimum absolute atomic E-state index is 0.651. The summed E-state index contributed by atoms with van der Waals surface area (Å²) in [6.07, 6.45) is 0. The molecular weight excluding hydrogens is 192 g/mol. The highest BCUT2D eigenvalue weighted by atomic mass is 32.2. The Morgan fingerprint density at radius 3 is 2.57 bits per heavy atom. The van der Waals surface area contributed by atoms with E-state index in [-0.39, 0.29) is 0 Å². The summed E-state index contributed by atoms with van der Waals surface area (Å²) in [5, 5.41) is 7.67. The Morgan fingerprint density at radius 2 is 2.00 bits per heavy atom. The predicted molar refractivity (Wildman–Crippen MR) is 63.3 cm³/mol. The third kappa shape index (κ3) is 3.07. The summed E-state index contributed by atoms with van der Waals surface area (Å²) in [5.41, 5.74) is 1.28. The summed E-state index contributed by atoms with van der Waals surface area (Å²) in [6.45, 7) is 2.10. The Morgan fingerprint density at radius 1 is 1.36 bits per heavy atom. The fraction of sp³-hybridized carbons (Fsp3) is 0.364. The molecule has 0 amide bonds. The lowest BCUT2D eigenvalue weighted by atomic mass is 10.2. The Bertz CT molecular complexity index is 321. The first-order valence-corrected chi connectivity index (χ1v) is 5.53. The molecule has 0 saturated carbocycles. The SMILES string of the molecule is Cc1ccccc1SCC(=N)N(C)C. The molecule has 0 aliphatic carbocycles. The van der Waals surface area contributed by atoms with Crippen LogP contribution in [0.15, 0.2) is 29.2 Å². The standard InChI is InChI=1S/C11H16N2S/c1-9-6-4-5-7-10(9)14-8-11(12)13(2)3/h4-7,12H,8H2,1-3H3. The largest absolute Gasteiger partial charge is 0.366 e. The van der Waals surface area contributed by atoms with Gasteiger partial charge in [-0.05, 0) is 18.6 Å². The van der Waals surface area contributed by atoms with Crippen LogP contribution in [0.25, 0.3) is 0 Å². The fourth-order valence-electron chi connectivity index (χ4n) is 0.994. The van der Waals surface area contributed by atoms with Crippen LogP contribution in [0, 0.1) is 12.3 Å². The maximum absolute atomic E-state index is 7.67. The van der Waals surface area contributed by atoms with Gasteiger partial charge in [-0.15, -0.1) is 11.8 Å². The van der Waals surface area contributed by atoms with Gasteiger partial charge < -0.3 is 4.90 Å². The second-order valence-corrected chi connectivity index (χ2v) is 4.41. The fourth-order valence-corrected chi connectivity index (χ4v) is 2.01. The van der Waals surface area contributed by atoms with E-state index < -0.39 is 0 Å². The van der Waals surface area contributed by atoms with Gasteiger partial charge in [-0.3, -0.25) is 5.41 Å². The highest BCUT2D eigenvalue weighted by Crippen LogP contribution is 2.21. The maximum atomic E-state index is 7.67. The normalized spacial score (nSPS) is 9.93. The van der Waals surface area contributed by atoms with Gasteiger partial charge in [-0.25, -0.2) is 0 Å². The Kier molecular flexibility index (Phi) is 4.01. The Balaban J connectivity index is 2.54. The van der Waals surface area contributed by atoms with E-state index >= 15 is 0 Å². The van der Waals surface area contributed by atoms with Crippen molar-refractivity contribution < 1.29 is 0 Å². The molecule has 0 fully saturated rings. The molecule has 1 aromatic carbocycles. The highest BCUT2D eigenvalue weighted by Gasteiger charge is 2.02. The average molecular weight is 208 g/mol. The minimum Gasteiger partial charge on any atom is -0.366 e. The number of nitrogens with zero attached hydrogens (tertiary/aromatic N) is 1. The number of benzene rings is 1. The van der Waals surface area contributed by atoms with E-state index in [0.29, 0.717) is 5.84 Å². The van der Waals surface area contributed by atoms with Crippen molar-refractivity contribution in [3.8, 4) is 0 Å². The van der Waals surface area contributed by atoms with E-state index in [0.717, 1.165) is 5.75 Å². The van der Waals surface area contributed by atoms with Crippen LogP contribution >= 0.6 is 11.8 Å². The predicted octanol–water partition coefficient (Wildman–Crippen LogP) is 2.63. The topological polar surface area (TPSA) is 27.1 Å². The first-order valence-electron chi connectivity index (χ1n) is 4.54. The number of hydrogen-bond acceptors (Lipinski definition) is 2. The van der Waals surface area contributed by atoms with E-state index in [4.69, 9.17) is 5.41 Å². The summed E-state index contributed by atoms with van der Waals surface area (Å²) in [6, 6.07) is 8.27. The van der Waals surface area contributed by atoms with Gasteiger partial charge in [0.15, 0.2) is 0 Å². The van der Waals surface area contributed by atoms with Gasteiger partial charge in [-0.2, -0.15) is 0 Å². The van der Waals surface area contributed by atoms with Crippen molar-refractivity contribution in [1.29, 1.82) is 5.41 Å². The Hall–Kier alpha value is -0.960. The van der Waals surface area contributed by atoms with E-state index in [1.54, 1.807) is 11.8 Å². The summed E-state index contributed by atoms with van der Waals surface area (Å²) in [7, 11) is 3.81. The molecule has 0 saturated heterocycles. The van der Waals surface area contributed by atoms with Gasteiger partial charge >= 0.3 is 0 Å². The van der Waals surface area contributed by atoms with Crippen LogP contribution in [0.3, 0.4) is 0 Å². The molecule has 0 spiro atoms. The van der Waals surface area contributed by atoms with Crippen LogP contribution < -0.4 is 0 Å². The summed E-state index contributed by atoms with van der Waals surface area (Å²) in [4.78, 5) is 3.10. The van der Waals surface area contributed by atoms with E-state index in [9.17, 15) is 0 Å². The second kappa shape index (κ2) is 5.05. The molecule has 1 aromatic rings. The molecule has 76 valence electrons. The van der Waals surface area contributed by atoms with E-state index in [2.05, 4.69) is 19.1 Å². The Labute approximate surface area is 89.8 Å². The zero-order valence-electron chi connectivity index (χ0n) is 8.87. The number of aryl methyl sites for hydroxylation is 1. The van der Waals surface area contributed by atoms with Crippen LogP contribution in [0.2, 0.25) is 0 Å². The zero-order valence-corrected chi connectivity index (χ0v) is 9.69. The number of amidine groups is 1. The molecule has 1 N–H and O–H groups in total. The first-order chi connectivity index (χ1) is 6.61. The summed E-state index contributed by atoms with van der Waals surface area (Å²) < 4.78 is 0. The van der Waals surface area contributed by atoms with E-state index in [1.807, 2.05) is 31.1 Å².